The van der Waals surface area contributed by atoms with Crippen LogP contribution in [0.2, 0.25) is 0 Å². The number of nitrogens with zero attached hydrogens (tertiary/aromatic N) is 1. The van der Waals surface area contributed by atoms with Gasteiger partial charge in [0.1, 0.15) is 0 Å². The molecule has 9 heavy (non-hydrogen) atoms. The van der Waals surface area contributed by atoms with Crippen LogP contribution in [-0.4, -0.2) is 27.9 Å². The molecule has 0 aromatic heterocycles. The van der Waals surface area contributed by atoms with Crippen molar-refractivity contribution in [3.63, 3.8) is 0 Å². The standard InChI is InChI=1S/C3H4N2O4/c4-2(6)1(5-9)3(7)8/h9H,(H2,4,6)(H,7,8)/b5-1+. The molecular formula is C3H4N2O4. The highest BCUT2D eigenvalue weighted by atomic mass is 16.4. The molecule has 1 amide bonds. The predicted octanol–water partition coefficient (Wildman–Crippen LogP) is -1.61. The fraction of sp³-hybridized carbons (Fsp3) is 0. The zero-order chi connectivity index (χ0) is 7.44. The van der Waals surface area contributed by atoms with Gasteiger partial charge >= 0.3 is 5.97 Å². The maximum atomic E-state index is 9.92. The van der Waals surface area contributed by atoms with Crippen molar-refractivity contribution in [1.82, 2.24) is 0 Å². The lowest BCUT2D eigenvalue weighted by atomic mass is 10.4. The Labute approximate surface area is 49.6 Å². The molecule has 0 atom stereocenters. The van der Waals surface area contributed by atoms with Gasteiger partial charge in [-0.15, -0.1) is 0 Å². The first-order valence-corrected chi connectivity index (χ1v) is 1.84. The fourth-order valence-corrected chi connectivity index (χ4v) is 0.197. The molecule has 4 N–H and O–H groups in total. The summed E-state index contributed by atoms with van der Waals surface area (Å²) in [6.07, 6.45) is 0. The van der Waals surface area contributed by atoms with E-state index >= 15 is 0 Å². The van der Waals surface area contributed by atoms with E-state index in [4.69, 9.17) is 10.3 Å². The lowest BCUT2D eigenvalue weighted by molar-refractivity contribution is -0.130. The third-order valence-corrected chi connectivity index (χ3v) is 0.536. The van der Waals surface area contributed by atoms with Gasteiger partial charge in [-0.05, 0) is 0 Å². The Balaban J connectivity index is 4.38. The first kappa shape index (κ1) is 7.41. The molecule has 0 heterocycles. The molecule has 0 aliphatic carbocycles. The second kappa shape index (κ2) is 2.65. The Morgan fingerprint density at radius 3 is 1.89 bits per heavy atom. The second-order valence-corrected chi connectivity index (χ2v) is 1.12. The lowest BCUT2D eigenvalue weighted by Gasteiger charge is -1.87. The fourth-order valence-electron chi connectivity index (χ4n) is 0.197. The van der Waals surface area contributed by atoms with E-state index in [0.717, 1.165) is 0 Å². The number of carbonyl (C=O) groups excluding carboxylic acids is 1. The summed E-state index contributed by atoms with van der Waals surface area (Å²) in [6.45, 7) is 0. The van der Waals surface area contributed by atoms with Gasteiger partial charge in [0.2, 0.25) is 0 Å². The third-order valence-electron chi connectivity index (χ3n) is 0.536. The van der Waals surface area contributed by atoms with Crippen molar-refractivity contribution in [2.45, 2.75) is 0 Å². The number of amides is 1. The minimum atomic E-state index is -1.65. The van der Waals surface area contributed by atoms with E-state index in [1.807, 2.05) is 0 Å². The Morgan fingerprint density at radius 2 is 1.89 bits per heavy atom. The monoisotopic (exact) mass is 132 g/mol. The van der Waals surface area contributed by atoms with E-state index < -0.39 is 17.6 Å². The Bertz CT molecular complexity index is 157. The van der Waals surface area contributed by atoms with Crippen LogP contribution >= 0.6 is 0 Å². The quantitative estimate of drug-likeness (QED) is 0.181. The number of carbonyl (C=O) groups is 2. The van der Waals surface area contributed by atoms with Gasteiger partial charge in [-0.3, -0.25) is 4.79 Å². The number of carboxylic acids is 1. The first-order chi connectivity index (χ1) is 4.09. The van der Waals surface area contributed by atoms with Crippen LogP contribution < -0.4 is 5.73 Å². The molecule has 0 unspecified atom stereocenters. The van der Waals surface area contributed by atoms with Crippen molar-refractivity contribution in [1.29, 1.82) is 0 Å². The maximum absolute atomic E-state index is 9.92. The summed E-state index contributed by atoms with van der Waals surface area (Å²) in [5.74, 6) is -2.92. The molecule has 0 saturated carbocycles. The number of aliphatic carboxylic acids is 1. The van der Waals surface area contributed by atoms with Crippen molar-refractivity contribution in [2.24, 2.45) is 10.9 Å². The largest absolute Gasteiger partial charge is 0.476 e. The molecule has 0 fully saturated rings. The molecular weight excluding hydrogens is 128 g/mol. The number of carboxylic acid groups (broad SMARTS) is 1. The van der Waals surface area contributed by atoms with Gasteiger partial charge in [-0.25, -0.2) is 4.79 Å². The minimum absolute atomic E-state index is 1.07. The van der Waals surface area contributed by atoms with Crippen molar-refractivity contribution in [2.75, 3.05) is 0 Å². The van der Waals surface area contributed by atoms with E-state index in [2.05, 4.69) is 10.9 Å². The molecule has 0 aliphatic heterocycles. The third kappa shape index (κ3) is 1.76. The number of rotatable bonds is 2. The number of hydrogen-bond donors (Lipinski definition) is 3. The average molecular weight is 132 g/mol. The van der Waals surface area contributed by atoms with Crippen LogP contribution in [0, 0.1) is 0 Å². The molecule has 0 aromatic rings. The summed E-state index contributed by atoms with van der Waals surface area (Å²) in [7, 11) is 0. The Morgan fingerprint density at radius 1 is 1.44 bits per heavy atom. The molecule has 0 aliphatic rings. The van der Waals surface area contributed by atoms with Gasteiger partial charge in [0.15, 0.2) is 0 Å². The van der Waals surface area contributed by atoms with Gasteiger partial charge in [0, 0.05) is 0 Å². The summed E-state index contributed by atoms with van der Waals surface area (Å²) in [5.41, 5.74) is 3.36. The highest BCUT2D eigenvalue weighted by Gasteiger charge is 2.15. The summed E-state index contributed by atoms with van der Waals surface area (Å²) < 4.78 is 0. The van der Waals surface area contributed by atoms with Crippen LogP contribution in [-0.2, 0) is 9.59 Å². The van der Waals surface area contributed by atoms with E-state index in [-0.39, 0.29) is 0 Å². The number of hydrogen-bond acceptors (Lipinski definition) is 4. The number of nitrogens with two attached hydrogens (primary N) is 1. The summed E-state index contributed by atoms with van der Waals surface area (Å²) in [6, 6.07) is 0. The molecule has 50 valence electrons. The van der Waals surface area contributed by atoms with Gasteiger partial charge < -0.3 is 16.0 Å². The predicted molar refractivity (Wildman–Crippen MR) is 26.1 cm³/mol. The van der Waals surface area contributed by atoms with Gasteiger partial charge in [0.05, 0.1) is 0 Å². The average Bonchev–Trinajstić information content (AvgIpc) is 1.64. The van der Waals surface area contributed by atoms with Gasteiger partial charge in [0.25, 0.3) is 11.6 Å². The van der Waals surface area contributed by atoms with Crippen LogP contribution in [0.4, 0.5) is 0 Å². The first-order valence-electron chi connectivity index (χ1n) is 1.84. The van der Waals surface area contributed by atoms with Crippen molar-refractivity contribution in [3.05, 3.63) is 0 Å². The molecule has 0 bridgehead atoms. The summed E-state index contributed by atoms with van der Waals surface area (Å²) in [4.78, 5) is 19.7. The van der Waals surface area contributed by atoms with Crippen molar-refractivity contribution >= 4 is 17.6 Å². The normalized spacial score (nSPS) is 10.9. The second-order valence-electron chi connectivity index (χ2n) is 1.12. The Hall–Kier alpha value is -1.59. The Kier molecular flexibility index (Phi) is 2.18. The molecule has 0 saturated heterocycles. The number of oxime groups is 1. The zero-order valence-corrected chi connectivity index (χ0v) is 4.24. The van der Waals surface area contributed by atoms with Crippen LogP contribution in [0.15, 0.2) is 5.16 Å². The summed E-state index contributed by atoms with van der Waals surface area (Å²) >= 11 is 0. The lowest BCUT2D eigenvalue weighted by Crippen LogP contribution is -2.30. The zero-order valence-electron chi connectivity index (χ0n) is 4.24. The minimum Gasteiger partial charge on any atom is -0.476 e. The molecule has 6 heteroatoms. The SMILES string of the molecule is NC(=O)/C(=N\O)C(=O)O. The van der Waals surface area contributed by atoms with E-state index in [1.165, 1.54) is 0 Å². The van der Waals surface area contributed by atoms with E-state index in [9.17, 15) is 9.59 Å². The van der Waals surface area contributed by atoms with Crippen LogP contribution in [0.25, 0.3) is 0 Å². The highest BCUT2D eigenvalue weighted by Crippen LogP contribution is 1.73. The smallest absolute Gasteiger partial charge is 0.363 e. The van der Waals surface area contributed by atoms with E-state index in [1.54, 1.807) is 0 Å². The molecule has 6 nitrogen and oxygen atoms in total. The van der Waals surface area contributed by atoms with Crippen LogP contribution in [0.3, 0.4) is 0 Å². The molecule has 0 spiro atoms. The van der Waals surface area contributed by atoms with Gasteiger partial charge in [-0.1, -0.05) is 5.16 Å². The van der Waals surface area contributed by atoms with Crippen LogP contribution in [0.5, 0.6) is 0 Å². The molecule has 0 radical (unpaired) electrons. The van der Waals surface area contributed by atoms with Gasteiger partial charge in [-0.2, -0.15) is 0 Å². The maximum Gasteiger partial charge on any atom is 0.363 e. The van der Waals surface area contributed by atoms with E-state index in [0.29, 0.717) is 0 Å². The van der Waals surface area contributed by atoms with Crippen molar-refractivity contribution in [3.8, 4) is 0 Å². The molecule has 0 aromatic carbocycles. The molecule has 0 rings (SSSR count). The summed E-state index contributed by atoms with van der Waals surface area (Å²) in [5, 5.41) is 17.9. The number of primary amides is 1. The topological polar surface area (TPSA) is 113 Å². The highest BCUT2D eigenvalue weighted by molar-refractivity contribution is 6.63. The van der Waals surface area contributed by atoms with Crippen molar-refractivity contribution < 1.29 is 19.9 Å². The van der Waals surface area contributed by atoms with Crippen LogP contribution in [0.1, 0.15) is 0 Å².